The first-order valence-corrected chi connectivity index (χ1v) is 10.4. The molecule has 1 fully saturated rings. The van der Waals surface area contributed by atoms with Gasteiger partial charge in [-0.05, 0) is 67.0 Å². The Balaban J connectivity index is 1.46. The van der Waals surface area contributed by atoms with Crippen LogP contribution in [-0.2, 0) is 23.2 Å². The van der Waals surface area contributed by atoms with Crippen molar-refractivity contribution in [2.24, 2.45) is 5.92 Å². The quantitative estimate of drug-likeness (QED) is 0.781. The lowest BCUT2D eigenvalue weighted by atomic mass is 9.59. The monoisotopic (exact) mass is 401 g/mol. The van der Waals surface area contributed by atoms with E-state index in [-0.39, 0.29) is 23.7 Å². The van der Waals surface area contributed by atoms with Gasteiger partial charge in [-0.3, -0.25) is 4.90 Å². The second kappa shape index (κ2) is 7.69. The molecule has 2 aliphatic rings. The van der Waals surface area contributed by atoms with Gasteiger partial charge in [0.1, 0.15) is 17.4 Å². The highest BCUT2D eigenvalue weighted by Crippen LogP contribution is 2.50. The SMILES string of the molecule is CC(CN1CCC2(C)c3cccc(O)c3CC1C2C)OCc1c(F)cccc1F. The number of halogens is 2. The third kappa shape index (κ3) is 3.55. The molecule has 4 atom stereocenters. The largest absolute Gasteiger partial charge is 0.508 e. The molecule has 156 valence electrons. The van der Waals surface area contributed by atoms with Gasteiger partial charge < -0.3 is 9.84 Å². The van der Waals surface area contributed by atoms with E-state index in [2.05, 4.69) is 24.8 Å². The van der Waals surface area contributed by atoms with E-state index in [9.17, 15) is 13.9 Å². The van der Waals surface area contributed by atoms with E-state index in [1.54, 1.807) is 6.07 Å². The van der Waals surface area contributed by atoms with Gasteiger partial charge in [0.15, 0.2) is 0 Å². The molecule has 1 aliphatic heterocycles. The number of aromatic hydroxyl groups is 1. The molecule has 0 amide bonds. The standard InChI is InChI=1S/C24H29F2NO2/c1-15(29-14-18-20(25)7-5-8-21(18)26)13-27-11-10-24(3)16(2)22(27)12-17-19(24)6-4-9-23(17)28/h4-9,15-16,22,28H,10-14H2,1-3H3. The number of nitrogens with zero attached hydrogens (tertiary/aromatic N) is 1. The number of ether oxygens (including phenoxy) is 1. The van der Waals surface area contributed by atoms with Crippen molar-refractivity contribution in [2.45, 2.75) is 57.8 Å². The van der Waals surface area contributed by atoms with Crippen molar-refractivity contribution in [1.82, 2.24) is 4.90 Å². The smallest absolute Gasteiger partial charge is 0.131 e. The molecule has 1 saturated heterocycles. The number of hydrogen-bond acceptors (Lipinski definition) is 3. The van der Waals surface area contributed by atoms with Crippen LogP contribution in [0.2, 0.25) is 0 Å². The summed E-state index contributed by atoms with van der Waals surface area (Å²) in [5.41, 5.74) is 2.37. The van der Waals surface area contributed by atoms with Gasteiger partial charge in [0.2, 0.25) is 0 Å². The molecule has 0 aromatic heterocycles. The molecular formula is C24H29F2NO2. The van der Waals surface area contributed by atoms with Crippen molar-refractivity contribution < 1.29 is 18.6 Å². The van der Waals surface area contributed by atoms with E-state index < -0.39 is 11.6 Å². The number of phenols is 1. The fourth-order valence-corrected chi connectivity index (χ4v) is 5.23. The molecule has 2 bridgehead atoms. The van der Waals surface area contributed by atoms with Crippen molar-refractivity contribution in [3.05, 3.63) is 64.7 Å². The first-order chi connectivity index (χ1) is 13.8. The van der Waals surface area contributed by atoms with Gasteiger partial charge in [-0.15, -0.1) is 0 Å². The predicted octanol–water partition coefficient (Wildman–Crippen LogP) is 4.80. The molecule has 4 unspecified atom stereocenters. The normalized spacial score (nSPS) is 27.5. The summed E-state index contributed by atoms with van der Waals surface area (Å²) in [7, 11) is 0. The third-order valence-corrected chi connectivity index (χ3v) is 7.21. The Morgan fingerprint density at radius 2 is 1.90 bits per heavy atom. The van der Waals surface area contributed by atoms with Crippen LogP contribution >= 0.6 is 0 Å². The lowest BCUT2D eigenvalue weighted by Gasteiger charge is -2.55. The molecule has 3 nitrogen and oxygen atoms in total. The molecule has 1 aliphatic carbocycles. The minimum atomic E-state index is -0.570. The number of hydrogen-bond donors (Lipinski definition) is 1. The Morgan fingerprint density at radius 1 is 1.21 bits per heavy atom. The van der Waals surface area contributed by atoms with Crippen LogP contribution < -0.4 is 0 Å². The van der Waals surface area contributed by atoms with Crippen LogP contribution in [0.15, 0.2) is 36.4 Å². The van der Waals surface area contributed by atoms with Gasteiger partial charge in [0, 0.05) is 18.2 Å². The van der Waals surface area contributed by atoms with Crippen LogP contribution in [0, 0.1) is 17.6 Å². The fraction of sp³-hybridized carbons (Fsp3) is 0.500. The van der Waals surface area contributed by atoms with Crippen molar-refractivity contribution >= 4 is 0 Å². The van der Waals surface area contributed by atoms with Crippen LogP contribution in [0.25, 0.3) is 0 Å². The third-order valence-electron chi connectivity index (χ3n) is 7.21. The minimum Gasteiger partial charge on any atom is -0.508 e. The van der Waals surface area contributed by atoms with E-state index in [1.165, 1.54) is 23.8 Å². The summed E-state index contributed by atoms with van der Waals surface area (Å²) < 4.78 is 33.5. The molecule has 1 heterocycles. The van der Waals surface area contributed by atoms with E-state index in [1.807, 2.05) is 13.0 Å². The second-order valence-electron chi connectivity index (χ2n) is 8.85. The molecule has 2 aromatic rings. The fourth-order valence-electron chi connectivity index (χ4n) is 5.23. The summed E-state index contributed by atoms with van der Waals surface area (Å²) in [5.74, 6) is -0.314. The maximum atomic E-state index is 13.8. The zero-order valence-electron chi connectivity index (χ0n) is 17.3. The molecule has 0 radical (unpaired) electrons. The van der Waals surface area contributed by atoms with Gasteiger partial charge in [-0.2, -0.15) is 0 Å². The van der Waals surface area contributed by atoms with Crippen molar-refractivity contribution in [2.75, 3.05) is 13.1 Å². The Morgan fingerprint density at radius 3 is 2.62 bits per heavy atom. The van der Waals surface area contributed by atoms with E-state index in [4.69, 9.17) is 4.74 Å². The highest BCUT2D eigenvalue weighted by molar-refractivity contribution is 5.47. The van der Waals surface area contributed by atoms with Crippen LogP contribution in [0.5, 0.6) is 5.75 Å². The zero-order valence-corrected chi connectivity index (χ0v) is 17.3. The van der Waals surface area contributed by atoms with Crippen LogP contribution in [0.1, 0.15) is 43.9 Å². The molecule has 5 heteroatoms. The van der Waals surface area contributed by atoms with Gasteiger partial charge in [0.25, 0.3) is 0 Å². The van der Waals surface area contributed by atoms with Crippen LogP contribution in [0.3, 0.4) is 0 Å². The summed E-state index contributed by atoms with van der Waals surface area (Å²) in [5, 5.41) is 10.4. The molecule has 4 rings (SSSR count). The Hall–Kier alpha value is -1.98. The molecule has 0 spiro atoms. The number of phenolic OH excluding ortho intramolecular Hbond substituents is 1. The van der Waals surface area contributed by atoms with Gasteiger partial charge in [-0.1, -0.05) is 32.0 Å². The van der Waals surface area contributed by atoms with E-state index in [0.717, 1.165) is 24.9 Å². The Labute approximate surface area is 171 Å². The predicted molar refractivity (Wildman–Crippen MR) is 109 cm³/mol. The Bertz CT molecular complexity index is 882. The molecule has 29 heavy (non-hydrogen) atoms. The highest BCUT2D eigenvalue weighted by atomic mass is 19.1. The number of likely N-dealkylation sites (tertiary alicyclic amines) is 1. The van der Waals surface area contributed by atoms with Gasteiger partial charge >= 0.3 is 0 Å². The lowest BCUT2D eigenvalue weighted by Crippen LogP contribution is -2.59. The number of benzene rings is 2. The molecule has 1 N–H and O–H groups in total. The summed E-state index contributed by atoms with van der Waals surface area (Å²) >= 11 is 0. The minimum absolute atomic E-state index is 0.0181. The van der Waals surface area contributed by atoms with Crippen molar-refractivity contribution in [1.29, 1.82) is 0 Å². The molecular weight excluding hydrogens is 372 g/mol. The zero-order chi connectivity index (χ0) is 20.8. The first-order valence-electron chi connectivity index (χ1n) is 10.4. The second-order valence-corrected chi connectivity index (χ2v) is 8.85. The maximum absolute atomic E-state index is 13.8. The van der Waals surface area contributed by atoms with E-state index >= 15 is 0 Å². The van der Waals surface area contributed by atoms with Gasteiger partial charge in [-0.25, -0.2) is 8.78 Å². The maximum Gasteiger partial charge on any atom is 0.131 e. The van der Waals surface area contributed by atoms with Crippen molar-refractivity contribution in [3.8, 4) is 5.75 Å². The number of piperidine rings is 1. The van der Waals surface area contributed by atoms with Crippen LogP contribution in [0.4, 0.5) is 8.78 Å². The molecule has 0 saturated carbocycles. The Kier molecular flexibility index (Phi) is 5.38. The number of rotatable bonds is 5. The average molecular weight is 401 g/mol. The van der Waals surface area contributed by atoms with E-state index in [0.29, 0.717) is 24.3 Å². The highest BCUT2D eigenvalue weighted by Gasteiger charge is 2.49. The average Bonchev–Trinajstić information content (AvgIpc) is 2.67. The summed E-state index contributed by atoms with van der Waals surface area (Å²) in [6, 6.07) is 10.1. The summed E-state index contributed by atoms with van der Waals surface area (Å²) in [6.45, 7) is 8.12. The summed E-state index contributed by atoms with van der Waals surface area (Å²) in [6.07, 6.45) is 1.67. The van der Waals surface area contributed by atoms with Crippen LogP contribution in [-0.4, -0.2) is 35.2 Å². The molecule has 2 aromatic carbocycles. The first kappa shape index (κ1) is 20.3. The topological polar surface area (TPSA) is 32.7 Å². The lowest BCUT2D eigenvalue weighted by molar-refractivity contribution is -0.0256. The van der Waals surface area contributed by atoms with Crippen molar-refractivity contribution in [3.63, 3.8) is 0 Å². The number of fused-ring (bicyclic) bond motifs is 4. The summed E-state index contributed by atoms with van der Waals surface area (Å²) in [4.78, 5) is 2.42. The van der Waals surface area contributed by atoms with Gasteiger partial charge in [0.05, 0.1) is 12.7 Å².